The summed E-state index contributed by atoms with van der Waals surface area (Å²) in [5, 5.41) is 0. The highest BCUT2D eigenvalue weighted by Crippen LogP contribution is 2.43. The van der Waals surface area contributed by atoms with Gasteiger partial charge in [-0.25, -0.2) is 4.57 Å². The molecule has 0 aromatic rings. The second-order valence-electron chi connectivity index (χ2n) is 12.4. The summed E-state index contributed by atoms with van der Waals surface area (Å²) in [5.74, 6) is -0.874. The normalized spacial score (nSPS) is 13.8. The maximum atomic E-state index is 12.5. The predicted molar refractivity (Wildman–Crippen MR) is 197 cm³/mol. The average molecular weight is 700 g/mol. The molecule has 3 N–H and O–H groups in total. The highest BCUT2D eigenvalue weighted by molar-refractivity contribution is 7.47. The fourth-order valence-electron chi connectivity index (χ4n) is 4.93. The molecule has 0 spiro atoms. The molecule has 9 nitrogen and oxygen atoms in total. The third-order valence-corrected chi connectivity index (χ3v) is 8.76. The summed E-state index contributed by atoms with van der Waals surface area (Å²) in [7, 11) is -4.38. The number of phosphoric acid groups is 1. The summed E-state index contributed by atoms with van der Waals surface area (Å²) in [6.45, 7) is 3.64. The minimum Gasteiger partial charge on any atom is -0.462 e. The van der Waals surface area contributed by atoms with Gasteiger partial charge < -0.3 is 20.1 Å². The van der Waals surface area contributed by atoms with Crippen LogP contribution in [0.3, 0.4) is 0 Å². The average Bonchev–Trinajstić information content (AvgIpc) is 3.07. The maximum Gasteiger partial charge on any atom is 0.472 e. The number of hydrogen-bond donors (Lipinski definition) is 2. The number of carbonyl (C=O) groups excluding carboxylic acids is 2. The van der Waals surface area contributed by atoms with Gasteiger partial charge in [0.15, 0.2) is 6.10 Å². The number of esters is 2. The van der Waals surface area contributed by atoms with Crippen LogP contribution in [-0.4, -0.2) is 49.3 Å². The molecule has 0 radical (unpaired) electrons. The molecule has 0 fully saturated rings. The third kappa shape index (κ3) is 34.1. The van der Waals surface area contributed by atoms with E-state index in [0.717, 1.165) is 51.4 Å². The van der Waals surface area contributed by atoms with Gasteiger partial charge in [0.05, 0.1) is 13.2 Å². The molecule has 48 heavy (non-hydrogen) atoms. The van der Waals surface area contributed by atoms with Crippen LogP contribution in [0.4, 0.5) is 0 Å². The summed E-state index contributed by atoms with van der Waals surface area (Å²) in [6.07, 6.45) is 36.0. The number of allylic oxidation sites excluding steroid dienone is 6. The van der Waals surface area contributed by atoms with Gasteiger partial charge in [-0.05, 0) is 51.4 Å². The topological polar surface area (TPSA) is 134 Å². The molecule has 1 unspecified atom stereocenters. The van der Waals surface area contributed by atoms with Gasteiger partial charge in [-0.3, -0.25) is 18.6 Å². The molecule has 280 valence electrons. The van der Waals surface area contributed by atoms with Crippen LogP contribution in [0.1, 0.15) is 162 Å². The number of nitrogens with two attached hydrogens (primary N) is 1. The van der Waals surface area contributed by atoms with Gasteiger partial charge >= 0.3 is 19.8 Å². The van der Waals surface area contributed by atoms with Crippen LogP contribution < -0.4 is 5.73 Å². The van der Waals surface area contributed by atoms with E-state index >= 15 is 0 Å². The number of phosphoric ester groups is 1. The van der Waals surface area contributed by atoms with E-state index in [0.29, 0.717) is 12.8 Å². The Morgan fingerprint density at radius 2 is 1.08 bits per heavy atom. The van der Waals surface area contributed by atoms with Crippen LogP contribution in [0.15, 0.2) is 36.5 Å². The van der Waals surface area contributed by atoms with Crippen molar-refractivity contribution < 1.29 is 37.6 Å². The van der Waals surface area contributed by atoms with Crippen molar-refractivity contribution in [3.8, 4) is 0 Å². The van der Waals surface area contributed by atoms with Crippen molar-refractivity contribution in [1.82, 2.24) is 0 Å². The third-order valence-electron chi connectivity index (χ3n) is 7.78. The number of rotatable bonds is 35. The number of ether oxygens (including phenoxy) is 2. The molecule has 0 aliphatic carbocycles. The molecular formula is C38H70NO8P. The van der Waals surface area contributed by atoms with Crippen LogP contribution in [0.25, 0.3) is 0 Å². The molecule has 0 rings (SSSR count). The smallest absolute Gasteiger partial charge is 0.462 e. The molecule has 0 saturated carbocycles. The van der Waals surface area contributed by atoms with Gasteiger partial charge in [-0.15, -0.1) is 0 Å². The molecule has 0 aromatic carbocycles. The largest absolute Gasteiger partial charge is 0.472 e. The van der Waals surface area contributed by atoms with E-state index in [9.17, 15) is 19.0 Å². The zero-order chi connectivity index (χ0) is 35.4. The molecule has 0 aromatic heterocycles. The molecule has 10 heteroatoms. The lowest BCUT2D eigenvalue weighted by molar-refractivity contribution is -0.161. The Morgan fingerprint density at radius 1 is 0.625 bits per heavy atom. The molecule has 0 heterocycles. The second-order valence-corrected chi connectivity index (χ2v) is 13.9. The van der Waals surface area contributed by atoms with Crippen molar-refractivity contribution in [2.75, 3.05) is 26.4 Å². The van der Waals surface area contributed by atoms with Crippen LogP contribution in [-0.2, 0) is 32.7 Å². The van der Waals surface area contributed by atoms with Crippen molar-refractivity contribution in [1.29, 1.82) is 0 Å². The van der Waals surface area contributed by atoms with E-state index in [1.807, 2.05) is 0 Å². The minimum atomic E-state index is -4.38. The lowest BCUT2D eigenvalue weighted by Crippen LogP contribution is -2.29. The number of carbonyl (C=O) groups is 2. The van der Waals surface area contributed by atoms with Crippen LogP contribution >= 0.6 is 7.82 Å². The van der Waals surface area contributed by atoms with E-state index in [4.69, 9.17) is 24.3 Å². The molecule has 0 saturated heterocycles. The predicted octanol–water partition coefficient (Wildman–Crippen LogP) is 10.2. The molecule has 0 amide bonds. The lowest BCUT2D eigenvalue weighted by Gasteiger charge is -2.19. The van der Waals surface area contributed by atoms with Crippen molar-refractivity contribution in [2.45, 2.75) is 168 Å². The van der Waals surface area contributed by atoms with Crippen LogP contribution in [0.2, 0.25) is 0 Å². The summed E-state index contributed by atoms with van der Waals surface area (Å²) < 4.78 is 32.6. The molecule has 0 bridgehead atoms. The lowest BCUT2D eigenvalue weighted by atomic mass is 10.0. The van der Waals surface area contributed by atoms with Crippen molar-refractivity contribution in [3.05, 3.63) is 36.5 Å². The zero-order valence-corrected chi connectivity index (χ0v) is 31.4. The summed E-state index contributed by atoms with van der Waals surface area (Å²) >= 11 is 0. The summed E-state index contributed by atoms with van der Waals surface area (Å²) in [5.41, 5.74) is 5.32. The van der Waals surface area contributed by atoms with Gasteiger partial charge in [-0.2, -0.15) is 0 Å². The summed E-state index contributed by atoms with van der Waals surface area (Å²) in [6, 6.07) is 0. The SMILES string of the molecule is CCCCC/C=C\C/C=C\C/C=C\CCCCC(=O)OC[C@H](COP(=O)(O)OCCN)OC(=O)CCCCCCCCCCCCCC. The van der Waals surface area contributed by atoms with E-state index in [2.05, 4.69) is 50.3 Å². The Bertz CT molecular complexity index is 892. The zero-order valence-electron chi connectivity index (χ0n) is 30.5. The Hall–Kier alpha value is -1.77. The van der Waals surface area contributed by atoms with Gasteiger partial charge in [0.25, 0.3) is 0 Å². The highest BCUT2D eigenvalue weighted by Gasteiger charge is 2.25. The van der Waals surface area contributed by atoms with Crippen LogP contribution in [0, 0.1) is 0 Å². The first-order valence-corrected chi connectivity index (χ1v) is 20.5. The monoisotopic (exact) mass is 699 g/mol. The molecular weight excluding hydrogens is 629 g/mol. The van der Waals surface area contributed by atoms with E-state index in [1.54, 1.807) is 0 Å². The Balaban J connectivity index is 4.29. The summed E-state index contributed by atoms with van der Waals surface area (Å²) in [4.78, 5) is 34.7. The first-order valence-electron chi connectivity index (χ1n) is 19.0. The van der Waals surface area contributed by atoms with Crippen LogP contribution in [0.5, 0.6) is 0 Å². The Morgan fingerprint density at radius 3 is 1.65 bits per heavy atom. The van der Waals surface area contributed by atoms with Gasteiger partial charge in [-0.1, -0.05) is 134 Å². The van der Waals surface area contributed by atoms with E-state index in [-0.39, 0.29) is 32.6 Å². The molecule has 0 aliphatic rings. The quantitative estimate of drug-likeness (QED) is 0.0287. The molecule has 2 atom stereocenters. The first-order chi connectivity index (χ1) is 23.3. The number of unbranched alkanes of at least 4 members (excludes halogenated alkanes) is 16. The first kappa shape index (κ1) is 46.2. The van der Waals surface area contributed by atoms with Gasteiger partial charge in [0.2, 0.25) is 0 Å². The fourth-order valence-corrected chi connectivity index (χ4v) is 5.70. The maximum absolute atomic E-state index is 12.5. The second kappa shape index (κ2) is 35.1. The van der Waals surface area contributed by atoms with Crippen molar-refractivity contribution in [3.63, 3.8) is 0 Å². The molecule has 0 aliphatic heterocycles. The van der Waals surface area contributed by atoms with Gasteiger partial charge in [0, 0.05) is 19.4 Å². The van der Waals surface area contributed by atoms with E-state index in [1.165, 1.54) is 70.6 Å². The van der Waals surface area contributed by atoms with Crippen molar-refractivity contribution >= 4 is 19.8 Å². The number of hydrogen-bond acceptors (Lipinski definition) is 8. The van der Waals surface area contributed by atoms with E-state index < -0.39 is 32.5 Å². The Kier molecular flexibility index (Phi) is 33.8. The highest BCUT2D eigenvalue weighted by atomic mass is 31.2. The Labute approximate surface area is 293 Å². The standard InChI is InChI=1S/C38H70NO8P/c1-3-5-7-9-11-13-15-17-18-19-21-22-24-26-28-30-37(40)44-34-36(35-46-48(42,43)45-33-32-39)47-38(41)31-29-27-25-23-20-16-14-12-10-8-6-4-2/h11,13,17-18,21-22,36H,3-10,12,14-16,19-20,23-35,39H2,1-2H3,(H,42,43)/b13-11-,18-17-,22-21-/t36-/m1/s1. The fraction of sp³-hybridized carbons (Fsp3) is 0.789. The minimum absolute atomic E-state index is 0.0486. The van der Waals surface area contributed by atoms with Gasteiger partial charge in [0.1, 0.15) is 6.61 Å². The van der Waals surface area contributed by atoms with Crippen molar-refractivity contribution in [2.24, 2.45) is 5.73 Å².